The zero-order valence-corrected chi connectivity index (χ0v) is 17.8. The molecule has 0 fully saturated rings. The van der Waals surface area contributed by atoms with Crippen LogP contribution in [0.2, 0.25) is 0 Å². The van der Waals surface area contributed by atoms with E-state index in [-0.39, 0.29) is 38.3 Å². The van der Waals surface area contributed by atoms with Crippen molar-refractivity contribution < 1.29 is 30.9 Å². The van der Waals surface area contributed by atoms with Gasteiger partial charge in [-0.25, -0.2) is 24.3 Å². The SMILES string of the molecule is CCCCC(CC)CO.Cl.[C-]1=CC=CC1.[C-]1=CC=CC1.[Hf]. The van der Waals surface area contributed by atoms with Crippen LogP contribution in [0, 0.1) is 18.1 Å². The van der Waals surface area contributed by atoms with Gasteiger partial charge in [-0.1, -0.05) is 33.1 Å². The second kappa shape index (κ2) is 22.4. The molecule has 0 aromatic rings. The van der Waals surface area contributed by atoms with E-state index in [0.717, 1.165) is 19.3 Å². The van der Waals surface area contributed by atoms with Crippen LogP contribution in [0.25, 0.3) is 0 Å². The molecule has 1 atom stereocenters. The topological polar surface area (TPSA) is 20.2 Å². The number of aliphatic hydroxyl groups is 1. The summed E-state index contributed by atoms with van der Waals surface area (Å²) in [6.45, 7) is 4.69. The van der Waals surface area contributed by atoms with E-state index < -0.39 is 0 Å². The molecule has 0 bridgehead atoms. The molecule has 0 amide bonds. The second-order valence-corrected chi connectivity index (χ2v) is 4.61. The molecule has 21 heavy (non-hydrogen) atoms. The van der Waals surface area contributed by atoms with Crippen molar-refractivity contribution in [1.29, 1.82) is 0 Å². The van der Waals surface area contributed by atoms with Crippen molar-refractivity contribution in [3.8, 4) is 0 Å². The molecular formula is C18H29ClHfO-2. The summed E-state index contributed by atoms with van der Waals surface area (Å²) in [7, 11) is 0. The van der Waals surface area contributed by atoms with Crippen molar-refractivity contribution in [1.82, 2.24) is 0 Å². The zero-order valence-electron chi connectivity index (χ0n) is 13.3. The molecule has 0 spiro atoms. The zero-order chi connectivity index (χ0) is 14.2. The van der Waals surface area contributed by atoms with Gasteiger partial charge in [0.05, 0.1) is 0 Å². The molecule has 1 nitrogen and oxygen atoms in total. The molecule has 2 aliphatic rings. The Morgan fingerprint density at radius 2 is 1.57 bits per heavy atom. The van der Waals surface area contributed by atoms with Gasteiger partial charge >= 0.3 is 0 Å². The minimum absolute atomic E-state index is 0. The number of rotatable bonds is 5. The number of hydrogen-bond donors (Lipinski definition) is 1. The molecule has 1 unspecified atom stereocenters. The summed E-state index contributed by atoms with van der Waals surface area (Å²) in [6, 6.07) is 0. The van der Waals surface area contributed by atoms with E-state index in [1.54, 1.807) is 0 Å². The molecule has 0 heterocycles. The fourth-order valence-electron chi connectivity index (χ4n) is 1.60. The van der Waals surface area contributed by atoms with Crippen molar-refractivity contribution in [2.75, 3.05) is 6.61 Å². The molecule has 0 aromatic heterocycles. The van der Waals surface area contributed by atoms with E-state index in [1.165, 1.54) is 19.3 Å². The van der Waals surface area contributed by atoms with Gasteiger partial charge in [0.15, 0.2) is 0 Å². The normalized spacial score (nSPS) is 14.2. The van der Waals surface area contributed by atoms with Gasteiger partial charge in [-0.05, 0) is 12.3 Å². The average Bonchev–Trinajstić information content (AvgIpc) is 3.18. The van der Waals surface area contributed by atoms with E-state index >= 15 is 0 Å². The minimum atomic E-state index is 0. The molecular weight excluding hydrogens is 446 g/mol. The Balaban J connectivity index is -0.000000232. The maximum absolute atomic E-state index is 8.75. The monoisotopic (exact) mass is 476 g/mol. The van der Waals surface area contributed by atoms with Crippen molar-refractivity contribution in [2.24, 2.45) is 5.92 Å². The number of halogens is 1. The van der Waals surface area contributed by atoms with Crippen LogP contribution < -0.4 is 0 Å². The van der Waals surface area contributed by atoms with Crippen LogP contribution in [-0.2, 0) is 25.8 Å². The molecule has 0 saturated carbocycles. The maximum atomic E-state index is 8.75. The third-order valence-electron chi connectivity index (χ3n) is 2.97. The second-order valence-electron chi connectivity index (χ2n) is 4.61. The van der Waals surface area contributed by atoms with Crippen LogP contribution in [0.3, 0.4) is 0 Å². The molecule has 0 aliphatic heterocycles. The van der Waals surface area contributed by atoms with Crippen molar-refractivity contribution in [3.63, 3.8) is 0 Å². The molecule has 2 aliphatic carbocycles. The maximum Gasteiger partial charge on any atom is 0.0459 e. The summed E-state index contributed by atoms with van der Waals surface area (Å²) < 4.78 is 0. The summed E-state index contributed by atoms with van der Waals surface area (Å²) in [5, 5.41) is 8.75. The number of hydrogen-bond acceptors (Lipinski definition) is 1. The van der Waals surface area contributed by atoms with Gasteiger partial charge in [-0.2, -0.15) is 12.2 Å². The fourth-order valence-corrected chi connectivity index (χ4v) is 1.60. The third-order valence-corrected chi connectivity index (χ3v) is 2.97. The first kappa shape index (κ1) is 26.0. The Bertz CT molecular complexity index is 250. The number of allylic oxidation sites excluding steroid dienone is 8. The van der Waals surface area contributed by atoms with Gasteiger partial charge in [-0.15, -0.1) is 25.2 Å². The Kier molecular flexibility index (Phi) is 27.7. The van der Waals surface area contributed by atoms with Crippen LogP contribution in [0.15, 0.2) is 36.5 Å². The van der Waals surface area contributed by atoms with Crippen LogP contribution >= 0.6 is 12.4 Å². The van der Waals surface area contributed by atoms with Gasteiger partial charge in [0.25, 0.3) is 0 Å². The average molecular weight is 475 g/mol. The molecule has 3 heteroatoms. The summed E-state index contributed by atoms with van der Waals surface area (Å²) in [6.07, 6.45) is 24.8. The summed E-state index contributed by atoms with van der Waals surface area (Å²) in [5.41, 5.74) is 0. The molecule has 2 rings (SSSR count). The van der Waals surface area contributed by atoms with Gasteiger partial charge < -0.3 is 5.11 Å². The van der Waals surface area contributed by atoms with Gasteiger partial charge in [0.1, 0.15) is 0 Å². The standard InChI is InChI=1S/C8H18O.2C5H5.ClH.Hf/c1-3-5-6-8(4-2)7-9;2*1-2-4-5-3-1;;/h8-9H,3-7H2,1-2H3;2*1-3H,4H2;1H;/q;2*-1;;. The van der Waals surface area contributed by atoms with E-state index in [9.17, 15) is 0 Å². The van der Waals surface area contributed by atoms with E-state index in [1.807, 2.05) is 24.3 Å². The molecule has 120 valence electrons. The van der Waals surface area contributed by atoms with Crippen LogP contribution in [0.5, 0.6) is 0 Å². The Hall–Kier alpha value is 0.0801. The molecule has 1 N–H and O–H groups in total. The summed E-state index contributed by atoms with van der Waals surface area (Å²) in [4.78, 5) is 0. The Morgan fingerprint density at radius 3 is 1.76 bits per heavy atom. The quantitative estimate of drug-likeness (QED) is 0.427. The summed E-state index contributed by atoms with van der Waals surface area (Å²) >= 11 is 0. The third kappa shape index (κ3) is 20.1. The van der Waals surface area contributed by atoms with Crippen molar-refractivity contribution >= 4 is 12.4 Å². The van der Waals surface area contributed by atoms with Crippen molar-refractivity contribution in [2.45, 2.75) is 52.4 Å². The van der Waals surface area contributed by atoms with Crippen molar-refractivity contribution in [3.05, 3.63) is 48.6 Å². The first-order valence-corrected chi connectivity index (χ1v) is 7.39. The molecule has 0 aromatic carbocycles. The minimum Gasteiger partial charge on any atom is -0.396 e. The van der Waals surface area contributed by atoms with E-state index in [2.05, 4.69) is 38.2 Å². The Labute approximate surface area is 156 Å². The van der Waals surface area contributed by atoms with Gasteiger partial charge in [0, 0.05) is 32.5 Å². The van der Waals surface area contributed by atoms with Gasteiger partial charge in [-0.3, -0.25) is 12.2 Å². The summed E-state index contributed by atoms with van der Waals surface area (Å²) in [5.74, 6) is 0.560. The first-order chi connectivity index (χ1) is 9.35. The van der Waals surface area contributed by atoms with Crippen LogP contribution in [0.4, 0.5) is 0 Å². The van der Waals surface area contributed by atoms with E-state index in [4.69, 9.17) is 5.11 Å². The first-order valence-electron chi connectivity index (χ1n) is 7.39. The predicted octanol–water partition coefficient (Wildman–Crippen LogP) is 5.23. The fraction of sp³-hybridized carbons (Fsp3) is 0.556. The van der Waals surface area contributed by atoms with Crippen LogP contribution in [-0.4, -0.2) is 11.7 Å². The smallest absolute Gasteiger partial charge is 0.0459 e. The largest absolute Gasteiger partial charge is 0.396 e. The predicted molar refractivity (Wildman–Crippen MR) is 90.8 cm³/mol. The Morgan fingerprint density at radius 1 is 1.05 bits per heavy atom. The molecule has 0 saturated heterocycles. The van der Waals surface area contributed by atoms with E-state index in [0.29, 0.717) is 12.5 Å². The number of unbranched alkanes of at least 4 members (excludes halogenated alkanes) is 1. The number of aliphatic hydroxyl groups excluding tert-OH is 1. The molecule has 0 radical (unpaired) electrons. The van der Waals surface area contributed by atoms with Crippen LogP contribution in [0.1, 0.15) is 52.4 Å². The van der Waals surface area contributed by atoms with Gasteiger partial charge in [0.2, 0.25) is 0 Å².